The van der Waals surface area contributed by atoms with Crippen LogP contribution in [0.1, 0.15) is 18.4 Å². The van der Waals surface area contributed by atoms with Crippen LogP contribution >= 0.6 is 0 Å². The Morgan fingerprint density at radius 1 is 1.37 bits per heavy atom. The lowest BCUT2D eigenvalue weighted by molar-refractivity contribution is 0.0981. The average molecular weight is 286 g/mol. The third-order valence-corrected chi connectivity index (χ3v) is 5.07. The van der Waals surface area contributed by atoms with E-state index in [4.69, 9.17) is 10.5 Å². The van der Waals surface area contributed by atoms with Crippen molar-refractivity contribution in [3.8, 4) is 5.75 Å². The van der Waals surface area contributed by atoms with Crippen molar-refractivity contribution in [3.63, 3.8) is 0 Å². The molecule has 0 spiro atoms. The van der Waals surface area contributed by atoms with Gasteiger partial charge >= 0.3 is 0 Å². The van der Waals surface area contributed by atoms with E-state index in [2.05, 4.69) is 4.72 Å². The maximum atomic E-state index is 12.1. The Labute approximate surface area is 112 Å². The van der Waals surface area contributed by atoms with E-state index in [1.807, 2.05) is 0 Å². The molecule has 0 aromatic heterocycles. The number of nitrogen functional groups attached to an aromatic ring is 1. The molecular weight excluding hydrogens is 268 g/mol. The average Bonchev–Trinajstić information content (AvgIpc) is 2.41. The minimum Gasteiger partial charge on any atom is -0.508 e. The third kappa shape index (κ3) is 3.59. The minimum atomic E-state index is -3.39. The van der Waals surface area contributed by atoms with Gasteiger partial charge in [0.2, 0.25) is 10.0 Å². The Morgan fingerprint density at radius 3 is 2.74 bits per heavy atom. The fraction of sp³-hybridized carbons (Fsp3) is 0.500. The van der Waals surface area contributed by atoms with E-state index in [9.17, 15) is 13.5 Å². The number of hydrogen-bond donors (Lipinski definition) is 3. The zero-order chi connectivity index (χ0) is 13.9. The van der Waals surface area contributed by atoms with Gasteiger partial charge in [-0.05, 0) is 31.0 Å². The molecule has 19 heavy (non-hydrogen) atoms. The Morgan fingerprint density at radius 2 is 2.05 bits per heavy atom. The molecular formula is C12H18N2O4S. The van der Waals surface area contributed by atoms with E-state index >= 15 is 0 Å². The van der Waals surface area contributed by atoms with Crippen molar-refractivity contribution < 1.29 is 18.3 Å². The summed E-state index contributed by atoms with van der Waals surface area (Å²) in [4.78, 5) is 0. The number of sulfonamides is 1. The van der Waals surface area contributed by atoms with E-state index < -0.39 is 15.3 Å². The van der Waals surface area contributed by atoms with Crippen LogP contribution in [0.3, 0.4) is 0 Å². The molecule has 0 bridgehead atoms. The van der Waals surface area contributed by atoms with Crippen molar-refractivity contribution >= 4 is 15.7 Å². The number of nitrogens with one attached hydrogen (secondary N) is 1. The van der Waals surface area contributed by atoms with Gasteiger partial charge in [-0.2, -0.15) is 0 Å². The van der Waals surface area contributed by atoms with Crippen LogP contribution in [-0.2, 0) is 21.3 Å². The summed E-state index contributed by atoms with van der Waals surface area (Å²) in [6, 6.07) is 4.57. The number of ether oxygens (including phenoxy) is 1. The summed E-state index contributed by atoms with van der Waals surface area (Å²) in [5.74, 6) is 0.0314. The van der Waals surface area contributed by atoms with Crippen LogP contribution < -0.4 is 10.5 Å². The molecule has 4 N–H and O–H groups in total. The number of rotatable bonds is 4. The highest BCUT2D eigenvalue weighted by atomic mass is 32.2. The summed E-state index contributed by atoms with van der Waals surface area (Å²) in [6.07, 6.45) is 0.997. The second-order valence-corrected chi connectivity index (χ2v) is 6.61. The molecule has 0 saturated carbocycles. The van der Waals surface area contributed by atoms with Gasteiger partial charge in [-0.3, -0.25) is 0 Å². The van der Waals surface area contributed by atoms with Gasteiger partial charge in [-0.1, -0.05) is 0 Å². The monoisotopic (exact) mass is 286 g/mol. The molecule has 1 aromatic carbocycles. The zero-order valence-corrected chi connectivity index (χ0v) is 11.3. The van der Waals surface area contributed by atoms with E-state index in [0.29, 0.717) is 37.3 Å². The second-order valence-electron chi connectivity index (χ2n) is 4.57. The molecule has 6 nitrogen and oxygen atoms in total. The summed E-state index contributed by atoms with van der Waals surface area (Å²) in [5.41, 5.74) is 6.56. The summed E-state index contributed by atoms with van der Waals surface area (Å²) in [5, 5.41) is 9.21. The van der Waals surface area contributed by atoms with Gasteiger partial charge in [-0.15, -0.1) is 0 Å². The number of phenolic OH excluding ortho intramolecular Hbond substituents is 1. The predicted molar refractivity (Wildman–Crippen MR) is 72.1 cm³/mol. The van der Waals surface area contributed by atoms with E-state index in [-0.39, 0.29) is 12.3 Å². The first-order valence-electron chi connectivity index (χ1n) is 6.12. The van der Waals surface area contributed by atoms with E-state index in [1.165, 1.54) is 6.07 Å². The molecule has 0 atom stereocenters. The fourth-order valence-corrected chi connectivity index (χ4v) is 3.43. The van der Waals surface area contributed by atoms with Crippen molar-refractivity contribution in [2.24, 2.45) is 0 Å². The summed E-state index contributed by atoms with van der Waals surface area (Å²) < 4.78 is 31.8. The van der Waals surface area contributed by atoms with E-state index in [1.54, 1.807) is 12.1 Å². The number of aromatic hydroxyl groups is 1. The molecule has 7 heteroatoms. The topological polar surface area (TPSA) is 102 Å². The molecule has 0 radical (unpaired) electrons. The standard InChI is InChI=1S/C12H18N2O4S/c13-10-1-2-12(15)9(7-10)8-14-19(16,17)11-3-5-18-6-4-11/h1-2,7,11,14-15H,3-6,8,13H2. The van der Waals surface area contributed by atoms with Crippen LogP contribution in [-0.4, -0.2) is 32.0 Å². The zero-order valence-electron chi connectivity index (χ0n) is 10.5. The first-order valence-corrected chi connectivity index (χ1v) is 7.67. The van der Waals surface area contributed by atoms with Crippen molar-refractivity contribution in [3.05, 3.63) is 23.8 Å². The van der Waals surface area contributed by atoms with Gasteiger partial charge in [0.1, 0.15) is 5.75 Å². The lowest BCUT2D eigenvalue weighted by atomic mass is 10.2. The van der Waals surface area contributed by atoms with Crippen LogP contribution in [0.4, 0.5) is 5.69 Å². The minimum absolute atomic E-state index is 0.0314. The van der Waals surface area contributed by atoms with Crippen LogP contribution in [0.25, 0.3) is 0 Å². The van der Waals surface area contributed by atoms with Gasteiger partial charge < -0.3 is 15.6 Å². The smallest absolute Gasteiger partial charge is 0.214 e. The molecule has 1 fully saturated rings. The van der Waals surface area contributed by atoms with Crippen molar-refractivity contribution in [2.45, 2.75) is 24.6 Å². The summed E-state index contributed by atoms with van der Waals surface area (Å²) in [6.45, 7) is 0.973. The SMILES string of the molecule is Nc1ccc(O)c(CNS(=O)(=O)C2CCOCC2)c1. The number of benzene rings is 1. The van der Waals surface area contributed by atoms with Gasteiger partial charge in [0.15, 0.2) is 0 Å². The summed E-state index contributed by atoms with van der Waals surface area (Å²) in [7, 11) is -3.39. The van der Waals surface area contributed by atoms with Gasteiger partial charge in [0.25, 0.3) is 0 Å². The molecule has 1 aliphatic rings. The van der Waals surface area contributed by atoms with Crippen molar-refractivity contribution in [1.29, 1.82) is 0 Å². The van der Waals surface area contributed by atoms with Gasteiger partial charge in [0, 0.05) is 31.0 Å². The highest BCUT2D eigenvalue weighted by Gasteiger charge is 2.27. The highest BCUT2D eigenvalue weighted by molar-refractivity contribution is 7.90. The molecule has 1 aromatic rings. The normalized spacial score (nSPS) is 17.5. The summed E-state index contributed by atoms with van der Waals surface area (Å²) >= 11 is 0. The van der Waals surface area contributed by atoms with Crippen LogP contribution in [0.15, 0.2) is 18.2 Å². The lowest BCUT2D eigenvalue weighted by Crippen LogP contribution is -2.37. The predicted octanol–water partition coefficient (Wildman–Crippen LogP) is 0.573. The molecule has 1 aliphatic heterocycles. The Balaban J connectivity index is 2.02. The molecule has 0 amide bonds. The largest absolute Gasteiger partial charge is 0.508 e. The molecule has 1 heterocycles. The molecule has 1 saturated heterocycles. The Kier molecular flexibility index (Phi) is 4.28. The van der Waals surface area contributed by atoms with Crippen molar-refractivity contribution in [1.82, 2.24) is 4.72 Å². The number of anilines is 1. The second kappa shape index (κ2) is 5.77. The van der Waals surface area contributed by atoms with E-state index in [0.717, 1.165) is 0 Å². The van der Waals surface area contributed by atoms with Crippen LogP contribution in [0.2, 0.25) is 0 Å². The Bertz CT molecular complexity index is 539. The molecule has 0 aliphatic carbocycles. The van der Waals surface area contributed by atoms with Crippen molar-refractivity contribution in [2.75, 3.05) is 18.9 Å². The quantitative estimate of drug-likeness (QED) is 0.555. The molecule has 2 rings (SSSR count). The first-order chi connectivity index (χ1) is 8.99. The third-order valence-electron chi connectivity index (χ3n) is 3.17. The molecule has 106 valence electrons. The van der Waals surface area contributed by atoms with Gasteiger partial charge in [0.05, 0.1) is 5.25 Å². The van der Waals surface area contributed by atoms with Gasteiger partial charge in [-0.25, -0.2) is 13.1 Å². The first kappa shape index (κ1) is 14.1. The van der Waals surface area contributed by atoms with Crippen LogP contribution in [0.5, 0.6) is 5.75 Å². The number of nitrogens with two attached hydrogens (primary N) is 1. The number of phenols is 1. The molecule has 0 unspecified atom stereocenters. The fourth-order valence-electron chi connectivity index (χ4n) is 2.03. The number of hydrogen-bond acceptors (Lipinski definition) is 5. The lowest BCUT2D eigenvalue weighted by Gasteiger charge is -2.22. The highest BCUT2D eigenvalue weighted by Crippen LogP contribution is 2.21. The van der Waals surface area contributed by atoms with Crippen LogP contribution in [0, 0.1) is 0 Å². The maximum Gasteiger partial charge on any atom is 0.214 e. The maximum absolute atomic E-state index is 12.1. The Hall–Kier alpha value is -1.31.